The second-order valence-electron chi connectivity index (χ2n) is 4.72. The van der Waals surface area contributed by atoms with E-state index in [1.165, 1.54) is 0 Å². The Kier molecular flexibility index (Phi) is 4.63. The summed E-state index contributed by atoms with van der Waals surface area (Å²) in [5, 5.41) is 1.06. The maximum atomic E-state index is 11.4. The Morgan fingerprint density at radius 3 is 2.80 bits per heavy atom. The van der Waals surface area contributed by atoms with Crippen LogP contribution in [-0.2, 0) is 16.1 Å². The van der Waals surface area contributed by atoms with E-state index in [4.69, 9.17) is 4.74 Å². The number of likely N-dealkylation sites (N-methyl/N-ethyl adjacent to an activating group) is 1. The molecular weight excluding hydrogens is 254 g/mol. The van der Waals surface area contributed by atoms with Gasteiger partial charge in [-0.05, 0) is 27.0 Å². The molecule has 1 aromatic heterocycles. The van der Waals surface area contributed by atoms with Crippen molar-refractivity contribution in [3.05, 3.63) is 35.8 Å². The Morgan fingerprint density at radius 1 is 1.30 bits per heavy atom. The van der Waals surface area contributed by atoms with Gasteiger partial charge >= 0.3 is 5.97 Å². The Balaban J connectivity index is 2.11. The highest BCUT2D eigenvalue weighted by Crippen LogP contribution is 2.15. The third kappa shape index (κ3) is 3.51. The summed E-state index contributed by atoms with van der Waals surface area (Å²) in [4.78, 5) is 22.3. The number of benzene rings is 1. The lowest BCUT2D eigenvalue weighted by atomic mass is 10.2. The topological polar surface area (TPSA) is 55.3 Å². The van der Waals surface area contributed by atoms with E-state index in [2.05, 4.69) is 9.97 Å². The molecule has 0 saturated heterocycles. The van der Waals surface area contributed by atoms with E-state index in [1.54, 1.807) is 6.92 Å². The number of carbonyl (C=O) groups is 1. The molecule has 20 heavy (non-hydrogen) atoms. The monoisotopic (exact) mass is 273 g/mol. The van der Waals surface area contributed by atoms with Crippen LogP contribution in [0.2, 0.25) is 0 Å². The molecule has 0 unspecified atom stereocenters. The SMILES string of the molecule is CCOC(=O)CN(C)Cc1nc(C)c2ccccc2n1. The Bertz CT molecular complexity index is 613. The van der Waals surface area contributed by atoms with Gasteiger partial charge in [-0.3, -0.25) is 9.69 Å². The van der Waals surface area contributed by atoms with Crippen molar-refractivity contribution in [1.29, 1.82) is 0 Å². The van der Waals surface area contributed by atoms with Crippen molar-refractivity contribution < 1.29 is 9.53 Å². The zero-order valence-corrected chi connectivity index (χ0v) is 12.1. The zero-order chi connectivity index (χ0) is 14.5. The lowest BCUT2D eigenvalue weighted by Crippen LogP contribution is -2.27. The molecule has 2 rings (SSSR count). The number of nitrogens with zero attached hydrogens (tertiary/aromatic N) is 3. The van der Waals surface area contributed by atoms with Crippen LogP contribution in [0.4, 0.5) is 0 Å². The molecule has 0 saturated carbocycles. The molecule has 5 nitrogen and oxygen atoms in total. The van der Waals surface area contributed by atoms with Gasteiger partial charge in [0, 0.05) is 11.1 Å². The number of carbonyl (C=O) groups excluding carboxylic acids is 1. The fourth-order valence-corrected chi connectivity index (χ4v) is 2.09. The molecule has 2 aromatic rings. The molecule has 0 amide bonds. The van der Waals surface area contributed by atoms with Gasteiger partial charge in [0.1, 0.15) is 5.82 Å². The minimum absolute atomic E-state index is 0.229. The maximum absolute atomic E-state index is 11.4. The summed E-state index contributed by atoms with van der Waals surface area (Å²) in [6, 6.07) is 7.92. The highest BCUT2D eigenvalue weighted by Gasteiger charge is 2.10. The van der Waals surface area contributed by atoms with Crippen molar-refractivity contribution in [2.45, 2.75) is 20.4 Å². The molecule has 5 heteroatoms. The fourth-order valence-electron chi connectivity index (χ4n) is 2.09. The second kappa shape index (κ2) is 6.43. The Morgan fingerprint density at radius 2 is 2.05 bits per heavy atom. The van der Waals surface area contributed by atoms with Crippen molar-refractivity contribution in [3.63, 3.8) is 0 Å². The Hall–Kier alpha value is -2.01. The number of aryl methyl sites for hydroxylation is 1. The number of ether oxygens (including phenoxy) is 1. The number of aromatic nitrogens is 2. The van der Waals surface area contributed by atoms with Crippen molar-refractivity contribution in [1.82, 2.24) is 14.9 Å². The molecular formula is C15H19N3O2. The van der Waals surface area contributed by atoms with Crippen LogP contribution in [0.5, 0.6) is 0 Å². The van der Waals surface area contributed by atoms with Crippen LogP contribution in [0.1, 0.15) is 18.4 Å². The van der Waals surface area contributed by atoms with Crippen LogP contribution in [0.25, 0.3) is 10.9 Å². The minimum atomic E-state index is -0.229. The van der Waals surface area contributed by atoms with Crippen LogP contribution in [0.15, 0.2) is 24.3 Å². The van der Waals surface area contributed by atoms with Crippen molar-refractivity contribution in [2.75, 3.05) is 20.2 Å². The van der Waals surface area contributed by atoms with E-state index in [9.17, 15) is 4.79 Å². The van der Waals surface area contributed by atoms with E-state index in [0.717, 1.165) is 16.6 Å². The number of para-hydroxylation sites is 1. The van der Waals surface area contributed by atoms with Gasteiger partial charge in [0.05, 0.1) is 25.2 Å². The second-order valence-corrected chi connectivity index (χ2v) is 4.72. The molecule has 1 heterocycles. The largest absolute Gasteiger partial charge is 0.465 e. The van der Waals surface area contributed by atoms with Crippen LogP contribution < -0.4 is 0 Å². The molecule has 0 aliphatic rings. The predicted molar refractivity (Wildman–Crippen MR) is 77.2 cm³/mol. The summed E-state index contributed by atoms with van der Waals surface area (Å²) in [5.74, 6) is 0.487. The van der Waals surface area contributed by atoms with Crippen LogP contribution in [0.3, 0.4) is 0 Å². The van der Waals surface area contributed by atoms with Crippen molar-refractivity contribution >= 4 is 16.9 Å². The minimum Gasteiger partial charge on any atom is -0.465 e. The van der Waals surface area contributed by atoms with Crippen molar-refractivity contribution in [3.8, 4) is 0 Å². The maximum Gasteiger partial charge on any atom is 0.320 e. The molecule has 0 spiro atoms. The number of rotatable bonds is 5. The molecule has 106 valence electrons. The molecule has 0 atom stereocenters. The summed E-state index contributed by atoms with van der Waals surface area (Å²) < 4.78 is 4.92. The first-order valence-electron chi connectivity index (χ1n) is 6.66. The smallest absolute Gasteiger partial charge is 0.320 e. The van der Waals surface area contributed by atoms with E-state index >= 15 is 0 Å². The van der Waals surface area contributed by atoms with Crippen molar-refractivity contribution in [2.24, 2.45) is 0 Å². The highest BCUT2D eigenvalue weighted by atomic mass is 16.5. The third-order valence-corrected chi connectivity index (χ3v) is 2.96. The molecule has 0 radical (unpaired) electrons. The lowest BCUT2D eigenvalue weighted by molar-refractivity contribution is -0.144. The average molecular weight is 273 g/mol. The van der Waals surface area contributed by atoms with Gasteiger partial charge in [0.15, 0.2) is 0 Å². The summed E-state index contributed by atoms with van der Waals surface area (Å²) in [7, 11) is 1.85. The van der Waals surface area contributed by atoms with Gasteiger partial charge in [-0.15, -0.1) is 0 Å². The average Bonchev–Trinajstić information content (AvgIpc) is 2.38. The molecule has 1 aromatic carbocycles. The predicted octanol–water partition coefficient (Wildman–Crippen LogP) is 1.93. The van der Waals surface area contributed by atoms with Crippen LogP contribution >= 0.6 is 0 Å². The third-order valence-electron chi connectivity index (χ3n) is 2.96. The lowest BCUT2D eigenvalue weighted by Gasteiger charge is -2.15. The van der Waals surface area contributed by atoms with Gasteiger partial charge in [-0.25, -0.2) is 9.97 Å². The molecule has 0 N–H and O–H groups in total. The number of hydrogen-bond acceptors (Lipinski definition) is 5. The van der Waals surface area contributed by atoms with E-state index in [0.29, 0.717) is 19.0 Å². The van der Waals surface area contributed by atoms with Crippen LogP contribution in [0, 0.1) is 6.92 Å². The fraction of sp³-hybridized carbons (Fsp3) is 0.400. The number of hydrogen-bond donors (Lipinski definition) is 0. The quantitative estimate of drug-likeness (QED) is 0.779. The van der Waals surface area contributed by atoms with Gasteiger partial charge in [0.25, 0.3) is 0 Å². The Labute approximate surface area is 118 Å². The number of esters is 1. The van der Waals surface area contributed by atoms with E-state index in [1.807, 2.05) is 43.1 Å². The van der Waals surface area contributed by atoms with Gasteiger partial charge in [-0.1, -0.05) is 18.2 Å². The summed E-state index contributed by atoms with van der Waals surface area (Å²) in [6.45, 7) is 4.93. The van der Waals surface area contributed by atoms with Crippen LogP contribution in [-0.4, -0.2) is 41.0 Å². The molecule has 0 aliphatic heterocycles. The first-order chi connectivity index (χ1) is 9.60. The molecule has 0 fully saturated rings. The zero-order valence-electron chi connectivity index (χ0n) is 12.1. The first-order valence-corrected chi connectivity index (χ1v) is 6.66. The first kappa shape index (κ1) is 14.4. The summed E-state index contributed by atoms with van der Waals surface area (Å²) in [5.41, 5.74) is 1.88. The van der Waals surface area contributed by atoms with E-state index < -0.39 is 0 Å². The molecule has 0 bridgehead atoms. The van der Waals surface area contributed by atoms with Gasteiger partial charge in [-0.2, -0.15) is 0 Å². The molecule has 0 aliphatic carbocycles. The standard InChI is InChI=1S/C15H19N3O2/c1-4-20-15(19)10-18(3)9-14-16-11(2)12-7-5-6-8-13(12)17-14/h5-8H,4,9-10H2,1-3H3. The normalized spacial score (nSPS) is 11.0. The summed E-state index contributed by atoms with van der Waals surface area (Å²) >= 11 is 0. The number of fused-ring (bicyclic) bond motifs is 1. The highest BCUT2D eigenvalue weighted by molar-refractivity contribution is 5.80. The summed E-state index contributed by atoms with van der Waals surface area (Å²) in [6.07, 6.45) is 0. The van der Waals surface area contributed by atoms with E-state index in [-0.39, 0.29) is 12.5 Å². The van der Waals surface area contributed by atoms with Gasteiger partial charge in [0.2, 0.25) is 0 Å². The van der Waals surface area contributed by atoms with Gasteiger partial charge < -0.3 is 4.74 Å².